The van der Waals surface area contributed by atoms with Crippen LogP contribution in [0.5, 0.6) is 0 Å². The summed E-state index contributed by atoms with van der Waals surface area (Å²) in [6, 6.07) is 2.10. The lowest BCUT2D eigenvalue weighted by atomic mass is 9.97. The molecule has 0 unspecified atom stereocenters. The van der Waals surface area contributed by atoms with E-state index in [1.807, 2.05) is 4.90 Å². The Morgan fingerprint density at radius 1 is 1.33 bits per heavy atom. The van der Waals surface area contributed by atoms with Crippen molar-refractivity contribution < 1.29 is 9.90 Å². The number of carboxylic acids is 1. The lowest BCUT2D eigenvalue weighted by Gasteiger charge is -2.20. The van der Waals surface area contributed by atoms with Gasteiger partial charge in [0.05, 0.1) is 11.6 Å². The smallest absolute Gasteiger partial charge is 0.308 e. The lowest BCUT2D eigenvalue weighted by molar-refractivity contribution is -0.140. The Labute approximate surface area is 106 Å². The monoisotopic (exact) mass is 247 g/mol. The first-order chi connectivity index (χ1) is 8.74. The molecule has 1 N–H and O–H groups in total. The summed E-state index contributed by atoms with van der Waals surface area (Å²) in [5, 5.41) is 17.6. The maximum atomic E-state index is 10.9. The number of fused-ring (bicyclic) bond motifs is 1. The van der Waals surface area contributed by atoms with Crippen molar-refractivity contribution in [3.63, 3.8) is 0 Å². The summed E-state index contributed by atoms with van der Waals surface area (Å²) < 4.78 is 0. The number of carboxylic acid groups (broad SMARTS) is 1. The molecule has 2 heterocycles. The van der Waals surface area contributed by atoms with Gasteiger partial charge in [0.2, 0.25) is 0 Å². The molecule has 0 bridgehead atoms. The number of rotatable bonds is 2. The van der Waals surface area contributed by atoms with E-state index in [4.69, 9.17) is 5.11 Å². The fourth-order valence-electron chi connectivity index (χ4n) is 2.80. The highest BCUT2D eigenvalue weighted by molar-refractivity contribution is 5.71. The van der Waals surface area contributed by atoms with Crippen LogP contribution in [-0.2, 0) is 17.6 Å². The molecule has 1 aromatic rings. The average Bonchev–Trinajstić information content (AvgIpc) is 2.88. The molecule has 1 aliphatic heterocycles. The standard InChI is InChI=1S/C13H17N3O2/c17-13(18)10-5-6-16(8-10)12-7-9-3-1-2-4-11(9)14-15-12/h7,10H,1-6,8H2,(H,17,18)/t10-/m1/s1. The van der Waals surface area contributed by atoms with Gasteiger partial charge in [-0.3, -0.25) is 4.79 Å². The van der Waals surface area contributed by atoms with Gasteiger partial charge < -0.3 is 10.0 Å². The van der Waals surface area contributed by atoms with Gasteiger partial charge in [-0.05, 0) is 43.7 Å². The van der Waals surface area contributed by atoms with E-state index in [0.717, 1.165) is 30.9 Å². The van der Waals surface area contributed by atoms with Gasteiger partial charge in [0.1, 0.15) is 0 Å². The largest absolute Gasteiger partial charge is 0.481 e. The van der Waals surface area contributed by atoms with E-state index in [9.17, 15) is 4.79 Å². The van der Waals surface area contributed by atoms with Crippen molar-refractivity contribution in [3.8, 4) is 0 Å². The first-order valence-electron chi connectivity index (χ1n) is 6.57. The second-order valence-electron chi connectivity index (χ2n) is 5.15. The fraction of sp³-hybridized carbons (Fsp3) is 0.615. The van der Waals surface area contributed by atoms with E-state index < -0.39 is 5.97 Å². The minimum absolute atomic E-state index is 0.261. The molecule has 0 aromatic carbocycles. The minimum atomic E-state index is -0.705. The topological polar surface area (TPSA) is 66.3 Å². The normalized spacial score (nSPS) is 22.9. The van der Waals surface area contributed by atoms with Gasteiger partial charge in [0, 0.05) is 13.1 Å². The molecule has 0 spiro atoms. The van der Waals surface area contributed by atoms with Crippen LogP contribution in [0.2, 0.25) is 0 Å². The molecule has 3 rings (SSSR count). The SMILES string of the molecule is O=C(O)[C@@H]1CCN(c2cc3c(nn2)CCCC3)C1. The van der Waals surface area contributed by atoms with Gasteiger partial charge in [-0.1, -0.05) is 0 Å². The van der Waals surface area contributed by atoms with Crippen molar-refractivity contribution in [2.24, 2.45) is 5.92 Å². The zero-order valence-corrected chi connectivity index (χ0v) is 10.3. The number of nitrogens with zero attached hydrogens (tertiary/aromatic N) is 3. The maximum absolute atomic E-state index is 10.9. The molecule has 0 amide bonds. The Morgan fingerprint density at radius 2 is 2.17 bits per heavy atom. The summed E-state index contributed by atoms with van der Waals surface area (Å²) in [6.45, 7) is 1.33. The Bertz CT molecular complexity index is 475. The number of anilines is 1. The van der Waals surface area contributed by atoms with Crippen molar-refractivity contribution in [2.45, 2.75) is 32.1 Å². The molecule has 0 saturated carbocycles. The number of hydrogen-bond acceptors (Lipinski definition) is 4. The van der Waals surface area contributed by atoms with Crippen LogP contribution in [0.1, 0.15) is 30.5 Å². The highest BCUT2D eigenvalue weighted by atomic mass is 16.4. The van der Waals surface area contributed by atoms with Gasteiger partial charge >= 0.3 is 5.97 Å². The van der Waals surface area contributed by atoms with Gasteiger partial charge in [-0.15, -0.1) is 5.10 Å². The minimum Gasteiger partial charge on any atom is -0.481 e. The quantitative estimate of drug-likeness (QED) is 0.852. The molecule has 5 nitrogen and oxygen atoms in total. The molecule has 18 heavy (non-hydrogen) atoms. The van der Waals surface area contributed by atoms with Crippen LogP contribution in [0, 0.1) is 5.92 Å². The third kappa shape index (κ3) is 2.05. The summed E-state index contributed by atoms with van der Waals surface area (Å²) in [5.41, 5.74) is 2.42. The van der Waals surface area contributed by atoms with E-state index in [0.29, 0.717) is 13.0 Å². The van der Waals surface area contributed by atoms with E-state index in [2.05, 4.69) is 16.3 Å². The lowest BCUT2D eigenvalue weighted by Crippen LogP contribution is -2.24. The fourth-order valence-corrected chi connectivity index (χ4v) is 2.80. The molecule has 2 aliphatic rings. The van der Waals surface area contributed by atoms with Crippen LogP contribution in [0.4, 0.5) is 5.82 Å². The Balaban J connectivity index is 1.79. The zero-order valence-electron chi connectivity index (χ0n) is 10.3. The highest BCUT2D eigenvalue weighted by Crippen LogP contribution is 2.26. The van der Waals surface area contributed by atoms with Crippen LogP contribution < -0.4 is 4.90 Å². The van der Waals surface area contributed by atoms with Crippen LogP contribution >= 0.6 is 0 Å². The molecular formula is C13H17N3O2. The number of aromatic nitrogens is 2. The van der Waals surface area contributed by atoms with E-state index in [1.54, 1.807) is 0 Å². The van der Waals surface area contributed by atoms with Crippen LogP contribution in [-0.4, -0.2) is 34.4 Å². The molecule has 1 aliphatic carbocycles. The molecular weight excluding hydrogens is 230 g/mol. The Morgan fingerprint density at radius 3 is 2.94 bits per heavy atom. The predicted molar refractivity (Wildman–Crippen MR) is 66.6 cm³/mol. The number of aryl methyl sites for hydroxylation is 2. The second kappa shape index (κ2) is 4.55. The third-order valence-electron chi connectivity index (χ3n) is 3.92. The molecule has 1 fully saturated rings. The second-order valence-corrected chi connectivity index (χ2v) is 5.15. The van der Waals surface area contributed by atoms with E-state index in [-0.39, 0.29) is 5.92 Å². The van der Waals surface area contributed by atoms with Crippen LogP contribution in [0.3, 0.4) is 0 Å². The first kappa shape index (κ1) is 11.4. The first-order valence-corrected chi connectivity index (χ1v) is 6.57. The molecule has 1 atom stereocenters. The van der Waals surface area contributed by atoms with Crippen molar-refractivity contribution in [1.29, 1.82) is 0 Å². The molecule has 5 heteroatoms. The Hall–Kier alpha value is -1.65. The van der Waals surface area contributed by atoms with Crippen molar-refractivity contribution in [3.05, 3.63) is 17.3 Å². The van der Waals surface area contributed by atoms with Gasteiger partial charge in [-0.2, -0.15) is 5.10 Å². The highest BCUT2D eigenvalue weighted by Gasteiger charge is 2.29. The molecule has 0 radical (unpaired) electrons. The van der Waals surface area contributed by atoms with Crippen molar-refractivity contribution in [1.82, 2.24) is 10.2 Å². The third-order valence-corrected chi connectivity index (χ3v) is 3.92. The van der Waals surface area contributed by atoms with Gasteiger partial charge in [0.25, 0.3) is 0 Å². The van der Waals surface area contributed by atoms with Gasteiger partial charge in [-0.25, -0.2) is 0 Å². The average molecular weight is 247 g/mol. The van der Waals surface area contributed by atoms with Gasteiger partial charge in [0.15, 0.2) is 5.82 Å². The maximum Gasteiger partial charge on any atom is 0.308 e. The summed E-state index contributed by atoms with van der Waals surface area (Å²) >= 11 is 0. The predicted octanol–water partition coefficient (Wildman–Crippen LogP) is 1.27. The summed E-state index contributed by atoms with van der Waals surface area (Å²) in [5.74, 6) is -0.120. The van der Waals surface area contributed by atoms with Crippen molar-refractivity contribution >= 4 is 11.8 Å². The number of aliphatic carboxylic acids is 1. The molecule has 1 aromatic heterocycles. The van der Waals surface area contributed by atoms with E-state index >= 15 is 0 Å². The van der Waals surface area contributed by atoms with Crippen molar-refractivity contribution in [2.75, 3.05) is 18.0 Å². The molecule has 1 saturated heterocycles. The summed E-state index contributed by atoms with van der Waals surface area (Å²) in [7, 11) is 0. The number of hydrogen-bond donors (Lipinski definition) is 1. The Kier molecular flexibility index (Phi) is 2.89. The van der Waals surface area contributed by atoms with Crippen LogP contribution in [0.15, 0.2) is 6.07 Å². The summed E-state index contributed by atoms with van der Waals surface area (Å²) in [4.78, 5) is 13.0. The van der Waals surface area contributed by atoms with Crippen LogP contribution in [0.25, 0.3) is 0 Å². The zero-order chi connectivity index (χ0) is 12.5. The number of carbonyl (C=O) groups is 1. The van der Waals surface area contributed by atoms with E-state index in [1.165, 1.54) is 18.4 Å². The summed E-state index contributed by atoms with van der Waals surface area (Å²) in [6.07, 6.45) is 5.23. The molecule has 96 valence electrons.